The lowest BCUT2D eigenvalue weighted by Crippen LogP contribution is -2.21. The number of nitrogens with one attached hydrogen (secondary N) is 1. The molecule has 1 unspecified atom stereocenters. The molecule has 0 aliphatic carbocycles. The number of H-pyrrole nitrogens is 1. The number of aryl methyl sites for hydroxylation is 1. The summed E-state index contributed by atoms with van der Waals surface area (Å²) in [5.74, 6) is 0.347. The molecule has 4 aromatic rings. The van der Waals surface area contributed by atoms with Crippen molar-refractivity contribution < 1.29 is 9.53 Å². The molecule has 3 heterocycles. The van der Waals surface area contributed by atoms with Crippen LogP contribution < -0.4 is 4.74 Å². The van der Waals surface area contributed by atoms with Crippen molar-refractivity contribution in [3.05, 3.63) is 78.1 Å². The zero-order valence-electron chi connectivity index (χ0n) is 15.3. The van der Waals surface area contributed by atoms with Gasteiger partial charge in [0.2, 0.25) is 0 Å². The zero-order chi connectivity index (χ0) is 18.9. The minimum absolute atomic E-state index is 0.133. The van der Waals surface area contributed by atoms with E-state index >= 15 is 0 Å². The van der Waals surface area contributed by atoms with Crippen LogP contribution in [0.15, 0.2) is 67.0 Å². The molecule has 0 bridgehead atoms. The fraction of sp³-hybridized carbons (Fsp3) is 0.174. The first-order chi connectivity index (χ1) is 13.8. The highest BCUT2D eigenvalue weighted by atomic mass is 16.5. The van der Waals surface area contributed by atoms with Crippen LogP contribution in [0.25, 0.3) is 22.2 Å². The number of aromatic amines is 1. The molecule has 1 aliphatic heterocycles. The number of esters is 1. The molecule has 5 heteroatoms. The summed E-state index contributed by atoms with van der Waals surface area (Å²) in [4.78, 5) is 16.8. The number of rotatable bonds is 3. The molecule has 1 atom stereocenters. The number of hydrogen-bond donors (Lipinski definition) is 1. The Morgan fingerprint density at radius 3 is 2.71 bits per heavy atom. The van der Waals surface area contributed by atoms with Gasteiger partial charge in [-0.2, -0.15) is 5.10 Å². The van der Waals surface area contributed by atoms with Crippen molar-refractivity contribution in [2.24, 2.45) is 5.92 Å². The Hall–Kier alpha value is -3.47. The fourth-order valence-corrected chi connectivity index (χ4v) is 3.83. The van der Waals surface area contributed by atoms with E-state index in [0.717, 1.165) is 46.1 Å². The van der Waals surface area contributed by atoms with Crippen molar-refractivity contribution in [1.82, 2.24) is 15.2 Å². The van der Waals surface area contributed by atoms with Crippen LogP contribution in [0.4, 0.5) is 0 Å². The van der Waals surface area contributed by atoms with Crippen molar-refractivity contribution >= 4 is 16.9 Å². The van der Waals surface area contributed by atoms with E-state index in [1.54, 1.807) is 12.4 Å². The predicted octanol–water partition coefficient (Wildman–Crippen LogP) is 4.34. The molecule has 1 N–H and O–H groups in total. The quantitative estimate of drug-likeness (QED) is 0.431. The van der Waals surface area contributed by atoms with Gasteiger partial charge in [-0.15, -0.1) is 0 Å². The summed E-state index contributed by atoms with van der Waals surface area (Å²) in [7, 11) is 0. The number of carbonyl (C=O) groups excluding carboxylic acids is 1. The number of pyridine rings is 1. The van der Waals surface area contributed by atoms with Crippen LogP contribution in [0.2, 0.25) is 0 Å². The van der Waals surface area contributed by atoms with Gasteiger partial charge in [0.25, 0.3) is 0 Å². The smallest absolute Gasteiger partial charge is 0.314 e. The highest BCUT2D eigenvalue weighted by molar-refractivity contribution is 5.94. The van der Waals surface area contributed by atoms with Crippen molar-refractivity contribution in [2.45, 2.75) is 19.3 Å². The van der Waals surface area contributed by atoms with Crippen molar-refractivity contribution in [1.29, 1.82) is 0 Å². The van der Waals surface area contributed by atoms with Crippen LogP contribution in [0, 0.1) is 5.92 Å². The second-order valence-corrected chi connectivity index (χ2v) is 7.16. The van der Waals surface area contributed by atoms with Crippen LogP contribution in [-0.4, -0.2) is 21.2 Å². The summed E-state index contributed by atoms with van der Waals surface area (Å²) in [5.41, 5.74) is 4.96. The number of carbonyl (C=O) groups is 1. The molecule has 0 saturated heterocycles. The van der Waals surface area contributed by atoms with E-state index in [9.17, 15) is 4.79 Å². The third-order valence-corrected chi connectivity index (χ3v) is 5.33. The molecule has 2 aromatic carbocycles. The molecule has 0 spiro atoms. The molecule has 28 heavy (non-hydrogen) atoms. The van der Waals surface area contributed by atoms with E-state index < -0.39 is 0 Å². The van der Waals surface area contributed by atoms with Crippen molar-refractivity contribution in [3.8, 4) is 17.0 Å². The molecule has 2 aromatic heterocycles. The lowest BCUT2D eigenvalue weighted by Gasteiger charge is -2.11. The van der Waals surface area contributed by atoms with Gasteiger partial charge in [-0.25, -0.2) is 0 Å². The number of ether oxygens (including phenoxy) is 1. The van der Waals surface area contributed by atoms with Gasteiger partial charge in [0.05, 0.1) is 11.4 Å². The van der Waals surface area contributed by atoms with Gasteiger partial charge in [-0.1, -0.05) is 30.3 Å². The standard InChI is InChI=1S/C23H19N3O2/c27-23-18(12-15-4-2-1-3-5-15)7-6-17-13-19-20(14-21(17)28-23)25-26-22(19)16-8-10-24-11-9-16/h1-5,8-11,13-14,18H,6-7,12H2,(H,25,26). The fourth-order valence-electron chi connectivity index (χ4n) is 3.83. The van der Waals surface area contributed by atoms with E-state index in [1.165, 1.54) is 0 Å². The van der Waals surface area contributed by atoms with E-state index in [1.807, 2.05) is 36.4 Å². The second kappa shape index (κ2) is 6.93. The molecule has 0 saturated carbocycles. The molecule has 0 fully saturated rings. The van der Waals surface area contributed by atoms with Gasteiger partial charge in [0.1, 0.15) is 11.4 Å². The van der Waals surface area contributed by atoms with Crippen molar-refractivity contribution in [2.75, 3.05) is 0 Å². The summed E-state index contributed by atoms with van der Waals surface area (Å²) in [6.07, 6.45) is 5.80. The zero-order valence-corrected chi connectivity index (χ0v) is 15.3. The van der Waals surface area contributed by atoms with E-state index in [4.69, 9.17) is 4.74 Å². The molecular weight excluding hydrogens is 350 g/mol. The van der Waals surface area contributed by atoms with E-state index in [2.05, 4.69) is 33.4 Å². The predicted molar refractivity (Wildman–Crippen MR) is 107 cm³/mol. The summed E-state index contributed by atoms with van der Waals surface area (Å²) < 4.78 is 5.77. The normalized spacial score (nSPS) is 16.4. The van der Waals surface area contributed by atoms with Gasteiger partial charge in [-0.05, 0) is 48.6 Å². The lowest BCUT2D eigenvalue weighted by molar-refractivity contribution is -0.138. The van der Waals surface area contributed by atoms with Crippen LogP contribution in [0.3, 0.4) is 0 Å². The molecule has 0 radical (unpaired) electrons. The molecular formula is C23H19N3O2. The number of fused-ring (bicyclic) bond motifs is 2. The topological polar surface area (TPSA) is 67.9 Å². The molecule has 1 aliphatic rings. The highest BCUT2D eigenvalue weighted by Crippen LogP contribution is 2.35. The van der Waals surface area contributed by atoms with Gasteiger partial charge >= 0.3 is 5.97 Å². The SMILES string of the molecule is O=C1Oc2cc3[nH]nc(-c4ccncc4)c3cc2CCC1Cc1ccccc1. The van der Waals surface area contributed by atoms with Crippen molar-refractivity contribution in [3.63, 3.8) is 0 Å². The average molecular weight is 369 g/mol. The van der Waals surface area contributed by atoms with Crippen LogP contribution >= 0.6 is 0 Å². The van der Waals surface area contributed by atoms with Crippen LogP contribution in [-0.2, 0) is 17.6 Å². The Morgan fingerprint density at radius 2 is 1.89 bits per heavy atom. The third-order valence-electron chi connectivity index (χ3n) is 5.33. The minimum Gasteiger partial charge on any atom is -0.426 e. The van der Waals surface area contributed by atoms with Gasteiger partial charge in [0, 0.05) is 29.4 Å². The maximum absolute atomic E-state index is 12.7. The first-order valence-corrected chi connectivity index (χ1v) is 9.45. The molecule has 0 amide bonds. The average Bonchev–Trinajstić information content (AvgIpc) is 3.08. The lowest BCUT2D eigenvalue weighted by atomic mass is 9.93. The Morgan fingerprint density at radius 1 is 1.07 bits per heavy atom. The summed E-state index contributed by atoms with van der Waals surface area (Å²) >= 11 is 0. The summed E-state index contributed by atoms with van der Waals surface area (Å²) in [6.45, 7) is 0. The van der Waals surface area contributed by atoms with E-state index in [0.29, 0.717) is 12.2 Å². The summed E-state index contributed by atoms with van der Waals surface area (Å²) in [6, 6.07) is 18.0. The Balaban J connectivity index is 1.47. The highest BCUT2D eigenvalue weighted by Gasteiger charge is 2.27. The second-order valence-electron chi connectivity index (χ2n) is 7.16. The summed E-state index contributed by atoms with van der Waals surface area (Å²) in [5, 5.41) is 8.55. The third kappa shape index (κ3) is 3.05. The van der Waals surface area contributed by atoms with Gasteiger partial charge in [-0.3, -0.25) is 14.9 Å². The van der Waals surface area contributed by atoms with E-state index in [-0.39, 0.29) is 11.9 Å². The number of aromatic nitrogens is 3. The Bertz CT molecular complexity index is 1140. The van der Waals surface area contributed by atoms with Crippen LogP contribution in [0.1, 0.15) is 17.5 Å². The van der Waals surface area contributed by atoms with Gasteiger partial charge in [0.15, 0.2) is 0 Å². The van der Waals surface area contributed by atoms with Crippen LogP contribution in [0.5, 0.6) is 5.75 Å². The number of benzene rings is 2. The Labute approximate surface area is 162 Å². The van der Waals surface area contributed by atoms with Gasteiger partial charge < -0.3 is 4.74 Å². The first kappa shape index (κ1) is 16.7. The number of nitrogens with zero attached hydrogens (tertiary/aromatic N) is 2. The monoisotopic (exact) mass is 369 g/mol. The Kier molecular flexibility index (Phi) is 4.13. The molecule has 5 rings (SSSR count). The number of hydrogen-bond acceptors (Lipinski definition) is 4. The maximum atomic E-state index is 12.7. The maximum Gasteiger partial charge on any atom is 0.314 e. The molecule has 138 valence electrons. The largest absolute Gasteiger partial charge is 0.426 e. The molecule has 5 nitrogen and oxygen atoms in total. The minimum atomic E-state index is -0.157. The first-order valence-electron chi connectivity index (χ1n) is 9.45.